The lowest BCUT2D eigenvalue weighted by atomic mass is 10.0. The fourth-order valence-electron chi connectivity index (χ4n) is 9.09. The number of carbonyl (C=O) groups excluding carboxylic acids is 2. The number of allylic oxidation sites excluding steroid dienone is 17. The van der Waals surface area contributed by atoms with Crippen LogP contribution in [0.1, 0.15) is 278 Å². The van der Waals surface area contributed by atoms with E-state index in [-0.39, 0.29) is 31.5 Å². The monoisotopic (exact) mass is 1150 g/mol. The van der Waals surface area contributed by atoms with Gasteiger partial charge in [0.05, 0.1) is 33.8 Å². The van der Waals surface area contributed by atoms with Crippen molar-refractivity contribution in [3.63, 3.8) is 0 Å². The van der Waals surface area contributed by atoms with Crippen molar-refractivity contribution in [3.05, 3.63) is 109 Å². The Morgan fingerprint density at radius 1 is 0.444 bits per heavy atom. The highest BCUT2D eigenvalue weighted by atomic mass is 31.2. The molecule has 0 saturated heterocycles. The molecule has 0 fully saturated rings. The number of unbranched alkanes of at least 4 members (excludes halogenated alkanes) is 27. The molecule has 0 aliphatic carbocycles. The van der Waals surface area contributed by atoms with Crippen molar-refractivity contribution < 1.29 is 37.3 Å². The van der Waals surface area contributed by atoms with Gasteiger partial charge in [0.1, 0.15) is 19.3 Å². The SMILES string of the molecule is CC/C=C\C/C=C\C/C=C\C/C=C\C/C=C\CCCCCCCCCC(=O)OC(/C=C/CCCCCCCCCCCCC)C(COP(=O)(O)OCC[N+](C)(C)C)NC(=O)CCCCCCCC/C=C\C/C=C\C/C=C\CCCCC. The van der Waals surface area contributed by atoms with E-state index in [4.69, 9.17) is 13.8 Å². The quantitative estimate of drug-likeness (QED) is 0.0205. The van der Waals surface area contributed by atoms with Crippen LogP contribution in [0.2, 0.25) is 0 Å². The van der Waals surface area contributed by atoms with E-state index in [1.54, 1.807) is 0 Å². The molecule has 0 saturated carbocycles. The number of rotatable bonds is 59. The smallest absolute Gasteiger partial charge is 0.456 e. The maximum atomic E-state index is 13.6. The summed E-state index contributed by atoms with van der Waals surface area (Å²) in [7, 11) is 1.47. The molecule has 0 rings (SSSR count). The van der Waals surface area contributed by atoms with Crippen LogP contribution in [0.25, 0.3) is 0 Å². The molecular formula is C71H126N2O7P+. The normalized spacial score (nSPS) is 14.3. The van der Waals surface area contributed by atoms with Gasteiger partial charge in [-0.2, -0.15) is 0 Å². The predicted molar refractivity (Wildman–Crippen MR) is 350 cm³/mol. The third-order valence-electron chi connectivity index (χ3n) is 14.2. The maximum Gasteiger partial charge on any atom is 0.472 e. The van der Waals surface area contributed by atoms with Crippen LogP contribution in [0, 0.1) is 0 Å². The van der Waals surface area contributed by atoms with E-state index in [1.807, 2.05) is 33.3 Å². The zero-order valence-electron chi connectivity index (χ0n) is 53.2. The standard InChI is InChI=1S/C71H125N2O7P/c1-7-10-13-16-19-22-25-28-30-32-34-35-36-37-39-41-43-46-49-52-55-58-61-64-71(75)80-69(62-59-56-53-50-47-44-27-24-21-18-15-12-9-3)68(67-79-81(76,77)78-66-65-73(4,5)6)72-70(74)63-60-57-54-51-48-45-42-40-38-33-31-29-26-23-20-17-14-11-8-2/h10,13,19-20,22-23,28-31,34-35,37-40,59,62,68-69H,7-9,11-12,14-18,21,24-27,32-33,36,41-58,60-61,63-67H2,1-6H3,(H-,72,74,76,77)/p+1/b13-10-,22-19-,23-20-,30-28-,31-29-,35-34-,39-37-,40-38-,62-59+. The Hall–Kier alpha value is -3.33. The van der Waals surface area contributed by atoms with Gasteiger partial charge in [0.25, 0.3) is 0 Å². The number of carbonyl (C=O) groups is 2. The van der Waals surface area contributed by atoms with Gasteiger partial charge in [-0.05, 0) is 115 Å². The zero-order valence-corrected chi connectivity index (χ0v) is 54.1. The van der Waals surface area contributed by atoms with Crippen LogP contribution in [0.3, 0.4) is 0 Å². The fourth-order valence-corrected chi connectivity index (χ4v) is 9.83. The summed E-state index contributed by atoms with van der Waals surface area (Å²) in [6, 6.07) is -0.868. The van der Waals surface area contributed by atoms with Crippen LogP contribution < -0.4 is 5.32 Å². The molecule has 0 aromatic rings. The van der Waals surface area contributed by atoms with Crippen molar-refractivity contribution >= 4 is 19.7 Å². The highest BCUT2D eigenvalue weighted by Gasteiger charge is 2.30. The molecule has 0 heterocycles. The molecular weight excluding hydrogens is 1020 g/mol. The second kappa shape index (κ2) is 59.8. The molecule has 0 aliphatic rings. The molecule has 0 bridgehead atoms. The van der Waals surface area contributed by atoms with Gasteiger partial charge in [-0.3, -0.25) is 18.6 Å². The Morgan fingerprint density at radius 3 is 1.21 bits per heavy atom. The summed E-state index contributed by atoms with van der Waals surface area (Å²) in [6.45, 7) is 6.86. The minimum Gasteiger partial charge on any atom is -0.456 e. The number of phosphoric acid groups is 1. The van der Waals surface area contributed by atoms with Gasteiger partial charge < -0.3 is 19.4 Å². The molecule has 466 valence electrons. The number of hydrogen-bond donors (Lipinski definition) is 2. The van der Waals surface area contributed by atoms with Crippen molar-refractivity contribution in [3.8, 4) is 0 Å². The van der Waals surface area contributed by atoms with Crippen molar-refractivity contribution in [1.29, 1.82) is 0 Å². The molecule has 9 nitrogen and oxygen atoms in total. The molecule has 81 heavy (non-hydrogen) atoms. The van der Waals surface area contributed by atoms with Gasteiger partial charge in [-0.1, -0.05) is 259 Å². The largest absolute Gasteiger partial charge is 0.472 e. The summed E-state index contributed by atoms with van der Waals surface area (Å²) in [4.78, 5) is 37.8. The predicted octanol–water partition coefficient (Wildman–Crippen LogP) is 20.9. The Balaban J connectivity index is 5.26. The summed E-state index contributed by atoms with van der Waals surface area (Å²) in [6.07, 6.45) is 82.2. The summed E-state index contributed by atoms with van der Waals surface area (Å²) in [5.41, 5.74) is 0. The molecule has 0 aliphatic heterocycles. The van der Waals surface area contributed by atoms with Crippen LogP contribution >= 0.6 is 7.82 Å². The first-order chi connectivity index (χ1) is 39.4. The van der Waals surface area contributed by atoms with E-state index in [9.17, 15) is 19.0 Å². The lowest BCUT2D eigenvalue weighted by Crippen LogP contribution is -2.47. The lowest BCUT2D eigenvalue weighted by Gasteiger charge is -2.27. The number of hydrogen-bond acceptors (Lipinski definition) is 6. The number of ether oxygens (including phenoxy) is 1. The second-order valence-electron chi connectivity index (χ2n) is 23.3. The van der Waals surface area contributed by atoms with Crippen LogP contribution in [0.5, 0.6) is 0 Å². The van der Waals surface area contributed by atoms with Gasteiger partial charge in [0.2, 0.25) is 5.91 Å². The average molecular weight is 1150 g/mol. The van der Waals surface area contributed by atoms with Crippen LogP contribution in [-0.2, 0) is 27.9 Å². The highest BCUT2D eigenvalue weighted by Crippen LogP contribution is 2.43. The van der Waals surface area contributed by atoms with Crippen molar-refractivity contribution in [2.45, 2.75) is 290 Å². The van der Waals surface area contributed by atoms with E-state index in [0.29, 0.717) is 17.4 Å². The number of nitrogens with one attached hydrogen (secondary N) is 1. The Labute approximate surface area is 500 Å². The van der Waals surface area contributed by atoms with Gasteiger partial charge in [-0.15, -0.1) is 0 Å². The maximum absolute atomic E-state index is 13.6. The minimum atomic E-state index is -4.47. The molecule has 3 unspecified atom stereocenters. The molecule has 3 atom stereocenters. The average Bonchev–Trinajstić information content (AvgIpc) is 3.44. The van der Waals surface area contributed by atoms with E-state index >= 15 is 0 Å². The molecule has 0 aromatic heterocycles. The van der Waals surface area contributed by atoms with E-state index in [1.165, 1.54) is 103 Å². The Bertz CT molecular complexity index is 1750. The molecule has 0 aromatic carbocycles. The Morgan fingerprint density at radius 2 is 0.790 bits per heavy atom. The first-order valence-electron chi connectivity index (χ1n) is 33.2. The second-order valence-corrected chi connectivity index (χ2v) is 24.7. The minimum absolute atomic E-state index is 0.0303. The van der Waals surface area contributed by atoms with Gasteiger partial charge in [0.15, 0.2) is 0 Å². The molecule has 2 N–H and O–H groups in total. The number of esters is 1. The molecule has 1 amide bonds. The lowest BCUT2D eigenvalue weighted by molar-refractivity contribution is -0.870. The molecule has 0 radical (unpaired) electrons. The van der Waals surface area contributed by atoms with Gasteiger partial charge >= 0.3 is 13.8 Å². The third kappa shape index (κ3) is 61.1. The van der Waals surface area contributed by atoms with Gasteiger partial charge in [0, 0.05) is 12.8 Å². The Kier molecular flexibility index (Phi) is 57.4. The number of amides is 1. The summed E-state index contributed by atoms with van der Waals surface area (Å²) >= 11 is 0. The van der Waals surface area contributed by atoms with Crippen LogP contribution in [0.15, 0.2) is 109 Å². The van der Waals surface area contributed by atoms with Crippen LogP contribution in [0.4, 0.5) is 0 Å². The first-order valence-corrected chi connectivity index (χ1v) is 34.7. The number of likely N-dealkylation sites (N-methyl/N-ethyl adjacent to an activating group) is 1. The number of nitrogens with zero attached hydrogens (tertiary/aromatic N) is 1. The summed E-state index contributed by atoms with van der Waals surface area (Å²) < 4.78 is 30.8. The third-order valence-corrected chi connectivity index (χ3v) is 15.2. The van der Waals surface area contributed by atoms with Gasteiger partial charge in [-0.25, -0.2) is 4.57 Å². The molecule has 0 spiro atoms. The molecule has 10 heteroatoms. The topological polar surface area (TPSA) is 111 Å². The summed E-state index contributed by atoms with van der Waals surface area (Å²) in [5, 5.41) is 3.05. The fraction of sp³-hybridized carbons (Fsp3) is 0.718. The zero-order chi connectivity index (χ0) is 59.3. The van der Waals surface area contributed by atoms with E-state index < -0.39 is 20.0 Å². The first kappa shape index (κ1) is 77.7. The number of quaternary nitrogens is 1. The van der Waals surface area contributed by atoms with Crippen molar-refractivity contribution in [2.24, 2.45) is 0 Å². The van der Waals surface area contributed by atoms with Crippen molar-refractivity contribution in [1.82, 2.24) is 5.32 Å². The van der Waals surface area contributed by atoms with E-state index in [2.05, 4.69) is 123 Å². The van der Waals surface area contributed by atoms with Crippen LogP contribution in [-0.4, -0.2) is 74.3 Å². The number of phosphoric ester groups is 1. The highest BCUT2D eigenvalue weighted by molar-refractivity contribution is 7.47. The summed E-state index contributed by atoms with van der Waals surface area (Å²) in [5.74, 6) is -0.534. The van der Waals surface area contributed by atoms with E-state index in [0.717, 1.165) is 141 Å². The van der Waals surface area contributed by atoms with Crippen molar-refractivity contribution in [2.75, 3.05) is 40.9 Å².